The molecule has 0 aliphatic rings. The van der Waals surface area contributed by atoms with Gasteiger partial charge in [0.25, 0.3) is 11.6 Å². The van der Waals surface area contributed by atoms with Crippen molar-refractivity contribution in [3.8, 4) is 0 Å². The van der Waals surface area contributed by atoms with Crippen molar-refractivity contribution in [3.05, 3.63) is 64.0 Å². The molecule has 0 saturated heterocycles. The molecule has 144 valence electrons. The van der Waals surface area contributed by atoms with E-state index in [1.54, 1.807) is 12.1 Å². The first-order valence-corrected chi connectivity index (χ1v) is 8.88. The maximum Gasteiger partial charge on any atom is 0.269 e. The second kappa shape index (κ2) is 8.01. The molecule has 10 heteroatoms. The van der Waals surface area contributed by atoms with Crippen molar-refractivity contribution >= 4 is 45.6 Å². The Balaban J connectivity index is 1.61. The highest BCUT2D eigenvalue weighted by molar-refractivity contribution is 7.80. The number of hydrogen-bond acceptors (Lipinski definition) is 5. The van der Waals surface area contributed by atoms with E-state index in [-0.39, 0.29) is 16.7 Å². The number of nitro groups is 1. The molecule has 1 amide bonds. The quantitative estimate of drug-likeness (QED) is 0.352. The number of nitrogens with one attached hydrogen (secondary N) is 3. The first-order chi connectivity index (χ1) is 13.4. The number of thiocarbonyl (C=S) groups is 1. The van der Waals surface area contributed by atoms with E-state index in [4.69, 9.17) is 12.2 Å². The van der Waals surface area contributed by atoms with Crippen LogP contribution in [-0.4, -0.2) is 25.5 Å². The zero-order valence-electron chi connectivity index (χ0n) is 15.2. The second-order valence-corrected chi connectivity index (χ2v) is 6.35. The van der Waals surface area contributed by atoms with Gasteiger partial charge in [0.05, 0.1) is 16.0 Å². The molecule has 2 aromatic carbocycles. The standard InChI is InChI=1S/C18H18N6O3S/c1-3-23-11(2)19-15-10-12(4-9-16(15)23)17(25)21-22-18(28)20-13-5-7-14(8-6-13)24(26)27/h4-10H,3H2,1-2H3,(H,21,25)(H2,20,22,28). The van der Waals surface area contributed by atoms with Crippen LogP contribution < -0.4 is 16.2 Å². The highest BCUT2D eigenvalue weighted by Crippen LogP contribution is 2.18. The molecule has 0 spiro atoms. The Kier molecular flexibility index (Phi) is 5.50. The van der Waals surface area contributed by atoms with Gasteiger partial charge in [-0.3, -0.25) is 25.8 Å². The third-order valence-corrected chi connectivity index (χ3v) is 4.35. The van der Waals surface area contributed by atoms with E-state index < -0.39 is 4.92 Å². The maximum atomic E-state index is 12.4. The largest absolute Gasteiger partial charge is 0.331 e. The number of hydrogen-bond donors (Lipinski definition) is 3. The lowest BCUT2D eigenvalue weighted by atomic mass is 10.2. The van der Waals surface area contributed by atoms with E-state index in [0.717, 1.165) is 23.4 Å². The minimum absolute atomic E-state index is 0.0196. The number of aromatic nitrogens is 2. The molecule has 0 bridgehead atoms. The Labute approximate surface area is 165 Å². The molecule has 1 heterocycles. The predicted molar refractivity (Wildman–Crippen MR) is 110 cm³/mol. The van der Waals surface area contributed by atoms with Crippen LogP contribution in [0.4, 0.5) is 11.4 Å². The zero-order valence-corrected chi connectivity index (χ0v) is 16.0. The van der Waals surface area contributed by atoms with Gasteiger partial charge in [0, 0.05) is 29.9 Å². The predicted octanol–water partition coefficient (Wildman–Crippen LogP) is 2.90. The number of non-ortho nitro benzene ring substituents is 1. The third kappa shape index (κ3) is 4.07. The first-order valence-electron chi connectivity index (χ1n) is 8.47. The fourth-order valence-corrected chi connectivity index (χ4v) is 2.97. The summed E-state index contributed by atoms with van der Waals surface area (Å²) in [5.74, 6) is 0.528. The molecule has 0 atom stereocenters. The van der Waals surface area contributed by atoms with Gasteiger partial charge in [-0.1, -0.05) is 0 Å². The minimum atomic E-state index is -0.484. The monoisotopic (exact) mass is 398 g/mol. The summed E-state index contributed by atoms with van der Waals surface area (Å²) in [6, 6.07) is 11.1. The number of fused-ring (bicyclic) bond motifs is 1. The summed E-state index contributed by atoms with van der Waals surface area (Å²) in [4.78, 5) is 27.0. The van der Waals surface area contributed by atoms with Crippen LogP contribution in [0.3, 0.4) is 0 Å². The van der Waals surface area contributed by atoms with E-state index >= 15 is 0 Å². The summed E-state index contributed by atoms with van der Waals surface area (Å²) in [6.07, 6.45) is 0. The molecule has 9 nitrogen and oxygen atoms in total. The van der Waals surface area contributed by atoms with Crippen LogP contribution in [0.25, 0.3) is 11.0 Å². The van der Waals surface area contributed by atoms with Gasteiger partial charge < -0.3 is 9.88 Å². The number of hydrazine groups is 1. The number of imidazole rings is 1. The zero-order chi connectivity index (χ0) is 20.3. The van der Waals surface area contributed by atoms with Gasteiger partial charge in [-0.15, -0.1) is 0 Å². The molecule has 3 rings (SSSR count). The normalized spacial score (nSPS) is 10.5. The summed E-state index contributed by atoms with van der Waals surface area (Å²) in [5.41, 5.74) is 7.82. The summed E-state index contributed by atoms with van der Waals surface area (Å²) >= 11 is 5.12. The van der Waals surface area contributed by atoms with Gasteiger partial charge in [0.1, 0.15) is 5.82 Å². The van der Waals surface area contributed by atoms with Gasteiger partial charge in [0.15, 0.2) is 5.11 Å². The molecule has 28 heavy (non-hydrogen) atoms. The topological polar surface area (TPSA) is 114 Å². The van der Waals surface area contributed by atoms with E-state index in [0.29, 0.717) is 11.3 Å². The van der Waals surface area contributed by atoms with Gasteiger partial charge in [-0.05, 0) is 56.4 Å². The molecular formula is C18H18N6O3S. The number of carbonyl (C=O) groups is 1. The van der Waals surface area contributed by atoms with Gasteiger partial charge in [-0.25, -0.2) is 4.98 Å². The highest BCUT2D eigenvalue weighted by atomic mass is 32.1. The Morgan fingerprint density at radius 1 is 1.21 bits per heavy atom. The molecule has 0 aliphatic heterocycles. The number of anilines is 1. The van der Waals surface area contributed by atoms with Crippen LogP contribution in [0.1, 0.15) is 23.1 Å². The molecule has 3 N–H and O–H groups in total. The lowest BCUT2D eigenvalue weighted by molar-refractivity contribution is -0.384. The van der Waals surface area contributed by atoms with E-state index in [9.17, 15) is 14.9 Å². The van der Waals surface area contributed by atoms with Crippen molar-refractivity contribution in [2.24, 2.45) is 0 Å². The van der Waals surface area contributed by atoms with Crippen LogP contribution >= 0.6 is 12.2 Å². The average molecular weight is 398 g/mol. The van der Waals surface area contributed by atoms with Crippen molar-refractivity contribution in [2.45, 2.75) is 20.4 Å². The van der Waals surface area contributed by atoms with E-state index in [1.165, 1.54) is 24.3 Å². The number of nitrogens with zero attached hydrogens (tertiary/aromatic N) is 3. The van der Waals surface area contributed by atoms with Gasteiger partial charge in [-0.2, -0.15) is 0 Å². The summed E-state index contributed by atoms with van der Waals surface area (Å²) < 4.78 is 2.07. The van der Waals surface area contributed by atoms with Crippen molar-refractivity contribution in [2.75, 3.05) is 5.32 Å². The van der Waals surface area contributed by atoms with Crippen LogP contribution in [0.15, 0.2) is 42.5 Å². The van der Waals surface area contributed by atoms with Crippen molar-refractivity contribution in [1.82, 2.24) is 20.4 Å². The third-order valence-electron chi connectivity index (χ3n) is 4.14. The van der Waals surface area contributed by atoms with Crippen LogP contribution in [0, 0.1) is 17.0 Å². The number of nitro benzene ring substituents is 1. The number of benzene rings is 2. The van der Waals surface area contributed by atoms with E-state index in [2.05, 4.69) is 25.7 Å². The maximum absolute atomic E-state index is 12.4. The smallest absolute Gasteiger partial charge is 0.269 e. The van der Waals surface area contributed by atoms with Gasteiger partial charge in [0.2, 0.25) is 0 Å². The summed E-state index contributed by atoms with van der Waals surface area (Å²) in [6.45, 7) is 4.77. The number of amides is 1. The average Bonchev–Trinajstić information content (AvgIpc) is 3.00. The fraction of sp³-hybridized carbons (Fsp3) is 0.167. The Hall–Kier alpha value is -3.53. The molecule has 0 aliphatic carbocycles. The fourth-order valence-electron chi connectivity index (χ4n) is 2.81. The molecular weight excluding hydrogens is 380 g/mol. The van der Waals surface area contributed by atoms with Crippen molar-refractivity contribution in [1.29, 1.82) is 0 Å². The van der Waals surface area contributed by atoms with Gasteiger partial charge >= 0.3 is 0 Å². The molecule has 3 aromatic rings. The lowest BCUT2D eigenvalue weighted by Crippen LogP contribution is -2.43. The van der Waals surface area contributed by atoms with Crippen molar-refractivity contribution < 1.29 is 9.72 Å². The SMILES string of the molecule is CCn1c(C)nc2cc(C(=O)NNC(=S)Nc3ccc([N+](=O)[O-])cc3)ccc21. The number of aryl methyl sites for hydroxylation is 2. The molecule has 0 unspecified atom stereocenters. The van der Waals surface area contributed by atoms with Crippen LogP contribution in [-0.2, 0) is 6.54 Å². The number of carbonyl (C=O) groups excluding carboxylic acids is 1. The Morgan fingerprint density at radius 2 is 1.93 bits per heavy atom. The number of rotatable bonds is 4. The lowest BCUT2D eigenvalue weighted by Gasteiger charge is -2.11. The van der Waals surface area contributed by atoms with Crippen LogP contribution in [0.5, 0.6) is 0 Å². The summed E-state index contributed by atoms with van der Waals surface area (Å²) in [5, 5.41) is 13.6. The Bertz CT molecular complexity index is 1060. The summed E-state index contributed by atoms with van der Waals surface area (Å²) in [7, 11) is 0. The van der Waals surface area contributed by atoms with E-state index in [1.807, 2.05) is 19.9 Å². The Morgan fingerprint density at radius 3 is 2.57 bits per heavy atom. The molecule has 1 aromatic heterocycles. The van der Waals surface area contributed by atoms with Crippen LogP contribution in [0.2, 0.25) is 0 Å². The van der Waals surface area contributed by atoms with Crippen molar-refractivity contribution in [3.63, 3.8) is 0 Å². The highest BCUT2D eigenvalue weighted by Gasteiger charge is 2.11. The molecule has 0 saturated carbocycles. The first kappa shape index (κ1) is 19.2. The second-order valence-electron chi connectivity index (χ2n) is 5.94. The molecule has 0 radical (unpaired) electrons. The molecule has 0 fully saturated rings. The minimum Gasteiger partial charge on any atom is -0.331 e.